The van der Waals surface area contributed by atoms with Gasteiger partial charge in [-0.1, -0.05) is 74.4 Å². The van der Waals surface area contributed by atoms with Gasteiger partial charge in [0.15, 0.2) is 0 Å². The molecule has 0 bridgehead atoms. The number of pyridine rings is 2. The normalized spacial score (nSPS) is 11.6. The van der Waals surface area contributed by atoms with Gasteiger partial charge in [0.2, 0.25) is 0 Å². The van der Waals surface area contributed by atoms with E-state index in [1.165, 1.54) is 26.6 Å². The van der Waals surface area contributed by atoms with Crippen molar-refractivity contribution in [2.24, 2.45) is 5.41 Å². The molecule has 0 atom stereocenters. The van der Waals surface area contributed by atoms with Crippen LogP contribution in [0.1, 0.15) is 48.6 Å². The fourth-order valence-electron chi connectivity index (χ4n) is 7.18. The van der Waals surface area contributed by atoms with Gasteiger partial charge < -0.3 is 8.98 Å². The third-order valence-electron chi connectivity index (χ3n) is 9.76. The molecule has 0 spiro atoms. The third kappa shape index (κ3) is 8.57. The van der Waals surface area contributed by atoms with Crippen LogP contribution in [0.4, 0.5) is 0 Å². The van der Waals surface area contributed by atoms with Crippen molar-refractivity contribution >= 4 is 39.6 Å². The van der Waals surface area contributed by atoms with Crippen LogP contribution in [0.15, 0.2) is 114 Å². The summed E-state index contributed by atoms with van der Waals surface area (Å²) in [6.45, 7) is 19.6. The van der Waals surface area contributed by atoms with Gasteiger partial charge in [-0.05, 0) is 47.6 Å². The van der Waals surface area contributed by atoms with E-state index in [1.54, 1.807) is 0 Å². The van der Waals surface area contributed by atoms with Crippen molar-refractivity contribution in [3.05, 3.63) is 165 Å². The first-order valence-corrected chi connectivity index (χ1v) is 25.4. The number of aromatic nitrogens is 2. The molecule has 0 aliphatic rings. The Morgan fingerprint density at radius 1 is 0.660 bits per heavy atom. The zero-order valence-corrected chi connectivity index (χ0v) is 37.1. The Hall–Kier alpha value is -4.35. The predicted octanol–water partition coefficient (Wildman–Crippen LogP) is 11.2. The molecule has 3 heterocycles. The van der Waals surface area contributed by atoms with Crippen LogP contribution in [0.25, 0.3) is 55.6 Å². The molecule has 7 rings (SSSR count). The van der Waals surface area contributed by atoms with E-state index in [0.717, 1.165) is 67.6 Å². The molecule has 0 unspecified atom stereocenters. The van der Waals surface area contributed by atoms with E-state index in [2.05, 4.69) is 171 Å². The number of nitrogens with zero attached hydrogens (tertiary/aromatic N) is 2. The van der Waals surface area contributed by atoms with Gasteiger partial charge in [0.1, 0.15) is 5.58 Å². The largest absolute Gasteiger partial charge is 0 e. The fraction of sp³-hybridized carbons (Fsp3) is 0.208. The Morgan fingerprint density at radius 3 is 1.96 bits per heavy atom. The minimum Gasteiger partial charge on any atom is 0 e. The Bertz CT molecular complexity index is 2410. The summed E-state index contributed by atoms with van der Waals surface area (Å²) in [6, 6.07) is 33.8. The number of aryl methyl sites for hydroxylation is 2. The van der Waals surface area contributed by atoms with Gasteiger partial charge in [0.05, 0.1) is 17.5 Å². The van der Waals surface area contributed by atoms with Gasteiger partial charge in [-0.15, -0.1) is 6.07 Å². The fourth-order valence-corrected chi connectivity index (χ4v) is 11.0. The minimum absolute atomic E-state index is 0. The number of benzene rings is 4. The summed E-state index contributed by atoms with van der Waals surface area (Å²) in [5.74, 6) is 7.24. The Morgan fingerprint density at radius 2 is 1.30 bits per heavy atom. The number of fused-ring (bicyclic) bond motifs is 3. The first-order chi connectivity index (χ1) is 24.5. The predicted molar refractivity (Wildman–Crippen MR) is 223 cm³/mol. The van der Waals surface area contributed by atoms with E-state index >= 15 is 0 Å². The number of furan rings is 1. The quantitative estimate of drug-likeness (QED) is 0.0957. The summed E-state index contributed by atoms with van der Waals surface area (Å²) in [6.07, 6.45) is 5.33. The summed E-state index contributed by atoms with van der Waals surface area (Å²) >= 11 is -1.83. The van der Waals surface area contributed by atoms with Crippen LogP contribution in [0.2, 0.25) is 17.3 Å². The first kappa shape index (κ1) is 39.9. The zero-order valence-electron chi connectivity index (χ0n) is 32.6. The van der Waals surface area contributed by atoms with Crippen LogP contribution in [-0.4, -0.2) is 13.3 Å². The van der Waals surface area contributed by atoms with Crippen LogP contribution >= 0.6 is 0 Å². The van der Waals surface area contributed by atoms with Gasteiger partial charge in [-0.3, -0.25) is 0 Å². The van der Waals surface area contributed by atoms with Crippen molar-refractivity contribution < 1.29 is 33.7 Å². The second-order valence-corrected chi connectivity index (χ2v) is 26.9. The van der Waals surface area contributed by atoms with E-state index in [-0.39, 0.29) is 25.5 Å². The molecule has 1 radical (unpaired) electrons. The molecule has 0 saturated heterocycles. The van der Waals surface area contributed by atoms with Gasteiger partial charge in [-0.25, -0.2) is 0 Å². The molecule has 4 aromatic carbocycles. The Kier molecular flexibility index (Phi) is 11.7. The van der Waals surface area contributed by atoms with Crippen molar-refractivity contribution in [2.75, 3.05) is 0 Å². The number of hydrogen-bond donors (Lipinski definition) is 0. The monoisotopic (exact) mass is 939 g/mol. The average molecular weight is 938 g/mol. The van der Waals surface area contributed by atoms with Gasteiger partial charge in [0.25, 0.3) is 0 Å². The molecule has 53 heavy (non-hydrogen) atoms. The SMILES string of the molecule is [CH2-]c1ccc2c(oc3cc(-c4ccccc4)ccc32)c1-c1cc(CC(C)(C)C)c(C)c[n+]1[CH2-].[CH2-]c1ccccc1-c1cc(C)[c]([Ge]([CH3])([CH3])[CH3])c[n+]1[CH2-].[Ir]. The van der Waals surface area contributed by atoms with Crippen molar-refractivity contribution in [1.29, 1.82) is 0 Å². The Labute approximate surface area is 333 Å². The Balaban J connectivity index is 0.000000232. The van der Waals surface area contributed by atoms with Crippen molar-refractivity contribution in [3.8, 4) is 33.6 Å². The number of hydrogen-bond acceptors (Lipinski definition) is 1. The summed E-state index contributed by atoms with van der Waals surface area (Å²) in [4.78, 5) is 0. The number of rotatable bonds is 5. The summed E-state index contributed by atoms with van der Waals surface area (Å²) in [5.41, 5.74) is 14.5. The molecule has 0 amide bonds. The van der Waals surface area contributed by atoms with Crippen LogP contribution in [0.5, 0.6) is 0 Å². The molecule has 0 fully saturated rings. The molecular weight excluding hydrogens is 885 g/mol. The average Bonchev–Trinajstić information content (AvgIpc) is 3.45. The molecule has 275 valence electrons. The molecule has 5 heteroatoms. The zero-order chi connectivity index (χ0) is 37.5. The molecule has 0 aliphatic carbocycles. The maximum absolute atomic E-state index is 6.53. The van der Waals surface area contributed by atoms with Gasteiger partial charge in [0, 0.05) is 37.9 Å². The molecule has 0 N–H and O–H groups in total. The van der Waals surface area contributed by atoms with E-state index in [1.807, 2.05) is 27.3 Å². The smallest absolute Gasteiger partial charge is 0 e. The van der Waals surface area contributed by atoms with Crippen LogP contribution in [0.3, 0.4) is 0 Å². The van der Waals surface area contributed by atoms with E-state index in [4.69, 9.17) is 4.42 Å². The van der Waals surface area contributed by atoms with Crippen molar-refractivity contribution in [1.82, 2.24) is 0 Å². The summed E-state index contributed by atoms with van der Waals surface area (Å²) in [5, 5.41) is 2.22. The topological polar surface area (TPSA) is 20.9 Å². The van der Waals surface area contributed by atoms with Crippen LogP contribution < -0.4 is 13.5 Å². The van der Waals surface area contributed by atoms with E-state index in [0.29, 0.717) is 0 Å². The van der Waals surface area contributed by atoms with Gasteiger partial charge in [-0.2, -0.15) is 18.6 Å². The summed E-state index contributed by atoms with van der Waals surface area (Å²) in [7, 11) is 8.47. The minimum atomic E-state index is -1.83. The standard InChI is InChI=1S/C31H30NO.C17H22GeN.Ir/c1-20-12-14-26-25-15-13-23(22-10-8-7-9-11-22)17-28(25)33-30(26)29(20)27-16-24(18-31(3,4)5)21(2)19-32(27)6;1-13-9-7-8-10-15(13)17-11-14(2)16(12-19(17)6)18(3,4)5;/h7-17,19H,1,6,18H2,2-5H3;7-12H,1,6H2,2-5H3;/q2*-1;. The maximum Gasteiger partial charge on any atom is 0 e. The third-order valence-corrected chi connectivity index (χ3v) is 14.3. The summed E-state index contributed by atoms with van der Waals surface area (Å²) < 4.78 is 12.0. The second-order valence-electron chi connectivity index (χ2n) is 16.4. The van der Waals surface area contributed by atoms with Crippen molar-refractivity contribution in [2.45, 2.75) is 58.3 Å². The molecule has 0 aliphatic heterocycles. The van der Waals surface area contributed by atoms with Crippen LogP contribution in [-0.2, 0) is 26.5 Å². The molecule has 3 nitrogen and oxygen atoms in total. The molecule has 7 aromatic rings. The van der Waals surface area contributed by atoms with E-state index in [9.17, 15) is 0 Å². The second kappa shape index (κ2) is 15.6. The molecule has 3 aromatic heterocycles. The van der Waals surface area contributed by atoms with Crippen LogP contribution in [0, 0.1) is 47.2 Å². The first-order valence-electron chi connectivity index (χ1n) is 18.0. The van der Waals surface area contributed by atoms with E-state index < -0.39 is 13.3 Å². The molecule has 0 saturated carbocycles. The van der Waals surface area contributed by atoms with Crippen molar-refractivity contribution in [3.63, 3.8) is 0 Å². The molecular formula is C48H52GeIrN2O-2. The van der Waals surface area contributed by atoms with Gasteiger partial charge >= 0.3 is 119 Å². The maximum atomic E-state index is 6.53.